The molecule has 19 heavy (non-hydrogen) atoms. The van der Waals surface area contributed by atoms with Crippen molar-refractivity contribution >= 4 is 28.3 Å². The monoisotopic (exact) mass is 371 g/mol. The highest BCUT2D eigenvalue weighted by atomic mass is 127. The van der Waals surface area contributed by atoms with Crippen molar-refractivity contribution in [2.24, 2.45) is 23.7 Å². The molecule has 0 saturated heterocycles. The zero-order valence-corrected chi connectivity index (χ0v) is 13.1. The average molecular weight is 371 g/mol. The standard InChI is InChI=1S/C16H19FIN/c17-13-1-2-15(14(18)8-13)19-16-11-4-9-3-10(6-11)7-12(16)5-9/h1-2,8-12,16,19H,3-7H2. The molecular weight excluding hydrogens is 352 g/mol. The van der Waals surface area contributed by atoms with Crippen LogP contribution in [-0.2, 0) is 0 Å². The van der Waals surface area contributed by atoms with Crippen LogP contribution < -0.4 is 5.32 Å². The summed E-state index contributed by atoms with van der Waals surface area (Å²) in [5.41, 5.74) is 1.12. The maximum Gasteiger partial charge on any atom is 0.124 e. The van der Waals surface area contributed by atoms with Crippen LogP contribution in [0.5, 0.6) is 0 Å². The summed E-state index contributed by atoms with van der Waals surface area (Å²) in [4.78, 5) is 0. The topological polar surface area (TPSA) is 12.0 Å². The van der Waals surface area contributed by atoms with Gasteiger partial charge in [0, 0.05) is 15.3 Å². The van der Waals surface area contributed by atoms with E-state index in [2.05, 4.69) is 27.9 Å². The molecule has 0 atom stereocenters. The second-order valence-corrected chi connectivity index (χ2v) is 7.89. The van der Waals surface area contributed by atoms with Crippen molar-refractivity contribution < 1.29 is 4.39 Å². The number of halogens is 2. The first kappa shape index (κ1) is 12.4. The fraction of sp³-hybridized carbons (Fsp3) is 0.625. The Hall–Kier alpha value is -0.320. The molecule has 4 saturated carbocycles. The van der Waals surface area contributed by atoms with E-state index in [9.17, 15) is 4.39 Å². The van der Waals surface area contributed by atoms with Crippen molar-refractivity contribution in [3.63, 3.8) is 0 Å². The van der Waals surface area contributed by atoms with Crippen LogP contribution in [0, 0.1) is 33.1 Å². The summed E-state index contributed by atoms with van der Waals surface area (Å²) in [6.07, 6.45) is 7.17. The average Bonchev–Trinajstić information content (AvgIpc) is 2.35. The van der Waals surface area contributed by atoms with E-state index in [1.807, 2.05) is 6.07 Å². The fourth-order valence-corrected chi connectivity index (χ4v) is 5.58. The van der Waals surface area contributed by atoms with Gasteiger partial charge in [0.05, 0.1) is 0 Å². The van der Waals surface area contributed by atoms with Gasteiger partial charge in [0.2, 0.25) is 0 Å². The molecule has 0 heterocycles. The summed E-state index contributed by atoms with van der Waals surface area (Å²) >= 11 is 2.24. The third kappa shape index (κ3) is 2.18. The molecule has 0 aromatic heterocycles. The van der Waals surface area contributed by atoms with Crippen molar-refractivity contribution in [3.8, 4) is 0 Å². The second kappa shape index (κ2) is 4.61. The molecule has 4 bridgehead atoms. The maximum absolute atomic E-state index is 13.2. The van der Waals surface area contributed by atoms with E-state index >= 15 is 0 Å². The van der Waals surface area contributed by atoms with Gasteiger partial charge in [-0.25, -0.2) is 4.39 Å². The minimum atomic E-state index is -0.139. The summed E-state index contributed by atoms with van der Waals surface area (Å²) < 4.78 is 14.2. The smallest absolute Gasteiger partial charge is 0.124 e. The van der Waals surface area contributed by atoms with Crippen LogP contribution in [0.3, 0.4) is 0 Å². The molecule has 5 rings (SSSR count). The molecule has 102 valence electrons. The molecule has 0 spiro atoms. The lowest BCUT2D eigenvalue weighted by atomic mass is 9.54. The van der Waals surface area contributed by atoms with Crippen LogP contribution >= 0.6 is 22.6 Å². The van der Waals surface area contributed by atoms with Crippen LogP contribution in [0.4, 0.5) is 10.1 Å². The normalized spacial score (nSPS) is 39.6. The van der Waals surface area contributed by atoms with Crippen molar-refractivity contribution in [3.05, 3.63) is 27.6 Å². The highest BCUT2D eigenvalue weighted by molar-refractivity contribution is 14.1. The number of rotatable bonds is 2. The van der Waals surface area contributed by atoms with Crippen molar-refractivity contribution in [1.29, 1.82) is 0 Å². The van der Waals surface area contributed by atoms with E-state index < -0.39 is 0 Å². The van der Waals surface area contributed by atoms with E-state index in [1.165, 1.54) is 32.1 Å². The van der Waals surface area contributed by atoms with E-state index in [1.54, 1.807) is 12.1 Å². The Morgan fingerprint density at radius 3 is 2.21 bits per heavy atom. The molecule has 3 heteroatoms. The second-order valence-electron chi connectivity index (χ2n) is 6.73. The molecule has 4 aliphatic carbocycles. The van der Waals surface area contributed by atoms with Gasteiger partial charge in [-0.15, -0.1) is 0 Å². The number of hydrogen-bond donors (Lipinski definition) is 1. The van der Waals surface area contributed by atoms with Gasteiger partial charge in [-0.1, -0.05) is 0 Å². The molecule has 0 amide bonds. The SMILES string of the molecule is Fc1ccc(NC2C3CC4CC(C3)CC2C4)c(I)c1. The number of hydrogen-bond acceptors (Lipinski definition) is 1. The molecule has 1 N–H and O–H groups in total. The first-order valence-electron chi connectivity index (χ1n) is 7.40. The Labute approximate surface area is 127 Å². The van der Waals surface area contributed by atoms with Crippen molar-refractivity contribution in [2.75, 3.05) is 5.32 Å². The van der Waals surface area contributed by atoms with Gasteiger partial charge in [-0.2, -0.15) is 0 Å². The predicted octanol–water partition coefficient (Wildman–Crippen LogP) is 4.67. The molecule has 1 aromatic carbocycles. The van der Waals surface area contributed by atoms with Crippen LogP contribution in [-0.4, -0.2) is 6.04 Å². The first-order valence-corrected chi connectivity index (χ1v) is 8.48. The number of nitrogens with one attached hydrogen (secondary N) is 1. The molecule has 0 unspecified atom stereocenters. The minimum absolute atomic E-state index is 0.139. The third-order valence-electron chi connectivity index (χ3n) is 5.48. The lowest BCUT2D eigenvalue weighted by Gasteiger charge is -2.54. The van der Waals surface area contributed by atoms with Crippen molar-refractivity contribution in [2.45, 2.75) is 38.1 Å². The van der Waals surface area contributed by atoms with Crippen LogP contribution in [0.15, 0.2) is 18.2 Å². The fourth-order valence-electron chi connectivity index (χ4n) is 4.95. The summed E-state index contributed by atoms with van der Waals surface area (Å²) in [5, 5.41) is 3.75. The zero-order valence-electron chi connectivity index (χ0n) is 10.9. The lowest BCUT2D eigenvalue weighted by molar-refractivity contribution is 0.00751. The third-order valence-corrected chi connectivity index (χ3v) is 6.37. The van der Waals surface area contributed by atoms with Gasteiger partial charge in [0.25, 0.3) is 0 Å². The number of benzene rings is 1. The highest BCUT2D eigenvalue weighted by Crippen LogP contribution is 2.54. The van der Waals surface area contributed by atoms with Crippen LogP contribution in [0.1, 0.15) is 32.1 Å². The summed E-state index contributed by atoms with van der Waals surface area (Å²) in [6.45, 7) is 0. The van der Waals surface area contributed by atoms with Crippen LogP contribution in [0.2, 0.25) is 0 Å². The van der Waals surface area contributed by atoms with Gasteiger partial charge < -0.3 is 5.32 Å². The van der Waals surface area contributed by atoms with Gasteiger partial charge >= 0.3 is 0 Å². The first-order chi connectivity index (χ1) is 9.19. The molecule has 1 nitrogen and oxygen atoms in total. The Kier molecular flexibility index (Phi) is 3.01. The van der Waals surface area contributed by atoms with E-state index in [-0.39, 0.29) is 5.82 Å². The zero-order chi connectivity index (χ0) is 13.0. The summed E-state index contributed by atoms with van der Waals surface area (Å²) in [5.74, 6) is 3.59. The molecule has 4 fully saturated rings. The molecule has 0 radical (unpaired) electrons. The van der Waals surface area contributed by atoms with E-state index in [4.69, 9.17) is 0 Å². The Balaban J connectivity index is 1.56. The molecular formula is C16H19FIN. The number of anilines is 1. The molecule has 0 aliphatic heterocycles. The van der Waals surface area contributed by atoms with E-state index in [0.29, 0.717) is 6.04 Å². The van der Waals surface area contributed by atoms with Gasteiger partial charge in [-0.3, -0.25) is 0 Å². The molecule has 1 aromatic rings. The highest BCUT2D eigenvalue weighted by Gasteiger charge is 2.48. The Morgan fingerprint density at radius 2 is 1.63 bits per heavy atom. The summed E-state index contributed by atoms with van der Waals surface area (Å²) in [6, 6.07) is 5.73. The van der Waals surface area contributed by atoms with Gasteiger partial charge in [-0.05, 0) is 96.6 Å². The maximum atomic E-state index is 13.2. The Morgan fingerprint density at radius 1 is 1.00 bits per heavy atom. The van der Waals surface area contributed by atoms with Gasteiger partial charge in [0.15, 0.2) is 0 Å². The Bertz CT molecular complexity index is 474. The van der Waals surface area contributed by atoms with Crippen LogP contribution in [0.25, 0.3) is 0 Å². The quantitative estimate of drug-likeness (QED) is 0.746. The lowest BCUT2D eigenvalue weighted by Crippen LogP contribution is -2.51. The summed E-state index contributed by atoms with van der Waals surface area (Å²) in [7, 11) is 0. The minimum Gasteiger partial charge on any atom is -0.381 e. The molecule has 4 aliphatic rings. The van der Waals surface area contributed by atoms with Crippen molar-refractivity contribution in [1.82, 2.24) is 0 Å². The predicted molar refractivity (Wildman–Crippen MR) is 83.6 cm³/mol. The largest absolute Gasteiger partial charge is 0.381 e. The van der Waals surface area contributed by atoms with E-state index in [0.717, 1.165) is 32.9 Å². The van der Waals surface area contributed by atoms with Gasteiger partial charge in [0.1, 0.15) is 5.82 Å².